The van der Waals surface area contributed by atoms with E-state index in [2.05, 4.69) is 37.5 Å². The standard InChI is InChI=1S/C27H31NO5.C26H30N2O4/c1-19(2)28(22-11-9-20(10-12-22)25-8-5-15-31-25)17-21-6-3-4-7-26(21)33-24-14-13-23(16-24)32-18-27(29)30;1-19(2)28(23-11-9-21(10-12-23)24-8-5-13-31-24)16-22-6-3-4-7-25(22)32-18-20-14-27(15-20)17-26(29)30/h3-12,15,19,23-24H,13-14,16-18H2,1-2H3,(H,29,30);3-13,19-20H,14-18H2,1-2H3,(H,29,30)/i17D;16D. The first-order chi connectivity index (χ1) is 32.3. The van der Waals surface area contributed by atoms with Gasteiger partial charge in [-0.3, -0.25) is 9.69 Å². The summed E-state index contributed by atoms with van der Waals surface area (Å²) >= 11 is 0. The first-order valence-corrected chi connectivity index (χ1v) is 22.3. The number of hydrogen-bond acceptors (Lipinski definition) is 10. The van der Waals surface area contributed by atoms with Crippen molar-refractivity contribution in [1.29, 1.82) is 0 Å². The van der Waals surface area contributed by atoms with Crippen molar-refractivity contribution in [3.63, 3.8) is 0 Å². The van der Waals surface area contributed by atoms with Crippen molar-refractivity contribution in [3.05, 3.63) is 145 Å². The van der Waals surface area contributed by atoms with E-state index < -0.39 is 25.0 Å². The lowest BCUT2D eigenvalue weighted by atomic mass is 10.0. The number of likely N-dealkylation sites (tertiary alicyclic amines) is 1. The summed E-state index contributed by atoms with van der Waals surface area (Å²) < 4.78 is 47.1. The van der Waals surface area contributed by atoms with Gasteiger partial charge in [-0.2, -0.15) is 0 Å². The molecule has 3 heterocycles. The van der Waals surface area contributed by atoms with Crippen LogP contribution in [0.1, 0.15) is 60.8 Å². The second-order valence-electron chi connectivity index (χ2n) is 17.0. The normalized spacial score (nSPS) is 17.6. The van der Waals surface area contributed by atoms with Crippen molar-refractivity contribution < 1.29 is 45.6 Å². The molecule has 12 heteroatoms. The molecule has 1 aliphatic heterocycles. The number of carboxylic acids is 2. The molecular formula is C53H61N3O9. The predicted octanol–water partition coefficient (Wildman–Crippen LogP) is 10.5. The number of para-hydroxylation sites is 2. The van der Waals surface area contributed by atoms with Gasteiger partial charge in [-0.05, 0) is 125 Å². The maximum atomic E-state index is 10.8. The van der Waals surface area contributed by atoms with Gasteiger partial charge in [0.15, 0.2) is 0 Å². The summed E-state index contributed by atoms with van der Waals surface area (Å²) in [4.78, 5) is 27.6. The lowest BCUT2D eigenvalue weighted by Gasteiger charge is -2.38. The highest BCUT2D eigenvalue weighted by Gasteiger charge is 2.30. The van der Waals surface area contributed by atoms with Crippen LogP contribution in [0.15, 0.2) is 143 Å². The van der Waals surface area contributed by atoms with Gasteiger partial charge >= 0.3 is 11.9 Å². The second kappa shape index (κ2) is 22.4. The van der Waals surface area contributed by atoms with Crippen molar-refractivity contribution in [2.75, 3.05) is 42.6 Å². The van der Waals surface area contributed by atoms with E-state index >= 15 is 0 Å². The predicted molar refractivity (Wildman–Crippen MR) is 253 cm³/mol. The molecule has 342 valence electrons. The van der Waals surface area contributed by atoms with Gasteiger partial charge in [-0.1, -0.05) is 36.4 Å². The average molecular weight is 886 g/mol. The molecular weight excluding hydrogens is 823 g/mol. The van der Waals surface area contributed by atoms with Gasteiger partial charge in [0.1, 0.15) is 35.7 Å². The van der Waals surface area contributed by atoms with E-state index in [0.717, 1.165) is 71.1 Å². The Balaban J connectivity index is 0.000000199. The van der Waals surface area contributed by atoms with Crippen LogP contribution >= 0.6 is 0 Å². The van der Waals surface area contributed by atoms with E-state index in [9.17, 15) is 9.59 Å². The van der Waals surface area contributed by atoms with E-state index in [1.807, 2.05) is 126 Å². The molecule has 4 aromatic carbocycles. The number of anilines is 2. The van der Waals surface area contributed by atoms with Crippen LogP contribution in [0.5, 0.6) is 11.5 Å². The number of benzene rings is 4. The number of aliphatic carboxylic acids is 2. The SMILES string of the molecule is [2H]C(c1ccccc1OC1CCC(OCC(=O)O)C1)N(c1ccc(-c2ccco2)cc1)C(C)C.[2H]C(c1ccccc1OCC1CN(CC(=O)O)C1)N(c1ccc(-c2ccco2)cc1)C(C)C. The van der Waals surface area contributed by atoms with Crippen LogP contribution in [0.3, 0.4) is 0 Å². The van der Waals surface area contributed by atoms with Crippen LogP contribution in [-0.4, -0.2) is 84.2 Å². The Morgan fingerprint density at radius 3 is 1.68 bits per heavy atom. The smallest absolute Gasteiger partial charge is 0.329 e. The molecule has 0 spiro atoms. The minimum Gasteiger partial charge on any atom is -0.493 e. The monoisotopic (exact) mass is 885 g/mol. The number of rotatable bonds is 20. The molecule has 12 nitrogen and oxygen atoms in total. The highest BCUT2D eigenvalue weighted by atomic mass is 16.5. The molecule has 0 amide bonds. The third-order valence-electron chi connectivity index (χ3n) is 11.4. The van der Waals surface area contributed by atoms with E-state index in [1.54, 1.807) is 12.5 Å². The van der Waals surface area contributed by atoms with E-state index in [0.29, 0.717) is 30.4 Å². The summed E-state index contributed by atoms with van der Waals surface area (Å²) in [6, 6.07) is 39.3. The van der Waals surface area contributed by atoms with Gasteiger partial charge in [0, 0.05) is 84.2 Å². The van der Waals surface area contributed by atoms with Crippen LogP contribution in [0.2, 0.25) is 0 Å². The third-order valence-corrected chi connectivity index (χ3v) is 11.4. The quantitative estimate of drug-likeness (QED) is 0.0755. The van der Waals surface area contributed by atoms with Gasteiger partial charge in [0.2, 0.25) is 0 Å². The summed E-state index contributed by atoms with van der Waals surface area (Å²) in [5.74, 6) is 1.55. The molecule has 0 radical (unpaired) electrons. The molecule has 2 fully saturated rings. The molecule has 1 saturated heterocycles. The fourth-order valence-corrected chi connectivity index (χ4v) is 8.08. The first kappa shape index (κ1) is 43.7. The second-order valence-corrected chi connectivity index (χ2v) is 17.0. The number of hydrogen-bond donors (Lipinski definition) is 2. The molecule has 8 rings (SSSR count). The molecule has 2 aliphatic rings. The highest BCUT2D eigenvalue weighted by Crippen LogP contribution is 2.33. The molecule has 4 atom stereocenters. The summed E-state index contributed by atoms with van der Waals surface area (Å²) in [5, 5.41) is 17.7. The zero-order chi connectivity index (χ0) is 47.5. The zero-order valence-electron chi connectivity index (χ0n) is 39.5. The molecule has 2 N–H and O–H groups in total. The minimum atomic E-state index is -0.960. The highest BCUT2D eigenvalue weighted by molar-refractivity contribution is 5.69. The Hall–Kier alpha value is -6.50. The molecule has 0 bridgehead atoms. The fourth-order valence-electron chi connectivity index (χ4n) is 8.08. The number of carboxylic acid groups (broad SMARTS) is 2. The largest absolute Gasteiger partial charge is 0.493 e. The van der Waals surface area contributed by atoms with Gasteiger partial charge in [0.25, 0.3) is 0 Å². The van der Waals surface area contributed by atoms with Crippen LogP contribution in [0.25, 0.3) is 22.6 Å². The number of carbonyl (C=O) groups is 2. The Labute approximate surface area is 384 Å². The van der Waals surface area contributed by atoms with Crippen LogP contribution < -0.4 is 19.3 Å². The summed E-state index contributed by atoms with van der Waals surface area (Å²) in [6.45, 7) is 8.76. The Kier molecular flexibility index (Phi) is 15.1. The van der Waals surface area contributed by atoms with E-state index in [4.69, 9.17) is 36.0 Å². The topological polar surface area (TPSA) is 138 Å². The number of ether oxygens (including phenoxy) is 3. The maximum absolute atomic E-state index is 10.8. The van der Waals surface area contributed by atoms with Crippen LogP contribution in [-0.2, 0) is 27.4 Å². The third kappa shape index (κ3) is 13.0. The van der Waals surface area contributed by atoms with E-state index in [1.165, 1.54) is 0 Å². The van der Waals surface area contributed by atoms with Crippen molar-refractivity contribution in [2.45, 2.75) is 84.3 Å². The molecule has 65 heavy (non-hydrogen) atoms. The summed E-state index contributed by atoms with van der Waals surface area (Å²) in [7, 11) is 0. The van der Waals surface area contributed by atoms with Crippen LogP contribution in [0.4, 0.5) is 11.4 Å². The van der Waals surface area contributed by atoms with Crippen molar-refractivity contribution >= 4 is 23.3 Å². The Morgan fingerprint density at radius 1 is 0.677 bits per heavy atom. The molecule has 1 aliphatic carbocycles. The van der Waals surface area contributed by atoms with Crippen molar-refractivity contribution in [2.24, 2.45) is 5.92 Å². The zero-order valence-corrected chi connectivity index (χ0v) is 37.5. The van der Waals surface area contributed by atoms with Crippen molar-refractivity contribution in [1.82, 2.24) is 4.90 Å². The first-order valence-electron chi connectivity index (χ1n) is 23.4. The molecule has 6 aromatic rings. The average Bonchev–Trinajstić information content (AvgIpc) is 4.13. The van der Waals surface area contributed by atoms with Gasteiger partial charge < -0.3 is 43.1 Å². The summed E-state index contributed by atoms with van der Waals surface area (Å²) in [5.41, 5.74) is 5.49. The van der Waals surface area contributed by atoms with Gasteiger partial charge in [0.05, 0.1) is 34.5 Å². The lowest BCUT2D eigenvalue weighted by molar-refractivity contribution is -0.144. The van der Waals surface area contributed by atoms with Crippen molar-refractivity contribution in [3.8, 4) is 34.1 Å². The molecule has 1 saturated carbocycles. The van der Waals surface area contributed by atoms with Gasteiger partial charge in [-0.15, -0.1) is 0 Å². The lowest BCUT2D eigenvalue weighted by Crippen LogP contribution is -2.50. The van der Waals surface area contributed by atoms with Crippen LogP contribution in [0, 0.1) is 5.92 Å². The minimum absolute atomic E-state index is 0.0628. The summed E-state index contributed by atoms with van der Waals surface area (Å²) in [6.07, 6.45) is 5.35. The molecule has 2 aromatic heterocycles. The number of furan rings is 2. The number of nitrogens with zero attached hydrogens (tertiary/aromatic N) is 3. The van der Waals surface area contributed by atoms with E-state index in [-0.39, 0.29) is 37.4 Å². The Morgan fingerprint density at radius 2 is 1.18 bits per heavy atom. The molecule has 4 unspecified atom stereocenters. The maximum Gasteiger partial charge on any atom is 0.329 e. The van der Waals surface area contributed by atoms with Gasteiger partial charge in [-0.25, -0.2) is 4.79 Å². The fraction of sp³-hybridized carbons (Fsp3) is 0.358. The Bertz CT molecular complexity index is 2460.